The number of para-hydroxylation sites is 1. The van der Waals surface area contributed by atoms with E-state index in [-0.39, 0.29) is 22.2 Å². The summed E-state index contributed by atoms with van der Waals surface area (Å²) in [7, 11) is 1.30. The molecule has 2 aromatic carbocycles. The smallest absolute Gasteiger partial charge is 0.341 e. The summed E-state index contributed by atoms with van der Waals surface area (Å²) in [6.07, 6.45) is 0. The first-order valence-electron chi connectivity index (χ1n) is 7.70. The topological polar surface area (TPSA) is 80.2 Å². The van der Waals surface area contributed by atoms with Crippen LogP contribution in [-0.4, -0.2) is 23.0 Å². The zero-order chi connectivity index (χ0) is 18.4. The normalized spacial score (nSPS) is 11.2. The van der Waals surface area contributed by atoms with E-state index >= 15 is 0 Å². The minimum absolute atomic E-state index is 0.112. The molecule has 0 saturated carbocycles. The standard InChI is InChI=1S/C18H13ClFN3O3/c1-8-6-9-14-13(7-10(16(9)26-8)17(24)25-2)21-18(22-14)23-15-11(19)4-3-5-12(15)20/h3-7H,1-2H3,(H2,21,22,23). The van der Waals surface area contributed by atoms with Crippen LogP contribution in [0.4, 0.5) is 16.0 Å². The van der Waals surface area contributed by atoms with E-state index in [1.54, 1.807) is 25.1 Å². The Labute approximate surface area is 151 Å². The monoisotopic (exact) mass is 373 g/mol. The number of H-pyrrole nitrogens is 1. The van der Waals surface area contributed by atoms with Gasteiger partial charge in [-0.1, -0.05) is 17.7 Å². The Morgan fingerprint density at radius 3 is 2.92 bits per heavy atom. The predicted octanol–water partition coefficient (Wildman–Crippen LogP) is 4.94. The van der Waals surface area contributed by atoms with Gasteiger partial charge in [0.1, 0.15) is 22.7 Å². The van der Waals surface area contributed by atoms with Gasteiger partial charge in [0, 0.05) is 5.39 Å². The number of fused-ring (bicyclic) bond motifs is 3. The maximum absolute atomic E-state index is 14.0. The molecule has 132 valence electrons. The van der Waals surface area contributed by atoms with Gasteiger partial charge in [0.25, 0.3) is 0 Å². The highest BCUT2D eigenvalue weighted by molar-refractivity contribution is 6.33. The summed E-state index contributed by atoms with van der Waals surface area (Å²) < 4.78 is 24.5. The number of esters is 1. The lowest BCUT2D eigenvalue weighted by atomic mass is 10.1. The lowest BCUT2D eigenvalue weighted by Gasteiger charge is -2.05. The molecule has 0 saturated heterocycles. The van der Waals surface area contributed by atoms with Gasteiger partial charge >= 0.3 is 5.97 Å². The van der Waals surface area contributed by atoms with E-state index in [2.05, 4.69) is 15.3 Å². The van der Waals surface area contributed by atoms with E-state index in [9.17, 15) is 9.18 Å². The lowest BCUT2D eigenvalue weighted by Crippen LogP contribution is -2.01. The number of rotatable bonds is 3. The summed E-state index contributed by atoms with van der Waals surface area (Å²) in [5.41, 5.74) is 1.94. The van der Waals surface area contributed by atoms with E-state index in [1.807, 2.05) is 0 Å². The van der Waals surface area contributed by atoms with Crippen molar-refractivity contribution < 1.29 is 18.3 Å². The molecule has 2 N–H and O–H groups in total. The van der Waals surface area contributed by atoms with E-state index in [4.69, 9.17) is 20.8 Å². The first-order chi connectivity index (χ1) is 12.5. The molecule has 6 nitrogen and oxygen atoms in total. The molecule has 0 fully saturated rings. The molecule has 0 bridgehead atoms. The number of nitrogens with zero attached hydrogens (tertiary/aromatic N) is 1. The number of benzene rings is 2. The third kappa shape index (κ3) is 2.57. The summed E-state index contributed by atoms with van der Waals surface area (Å²) in [4.78, 5) is 19.5. The summed E-state index contributed by atoms with van der Waals surface area (Å²) in [5, 5.41) is 3.73. The number of anilines is 2. The molecule has 2 aromatic heterocycles. The van der Waals surface area contributed by atoms with Crippen molar-refractivity contribution in [1.82, 2.24) is 9.97 Å². The van der Waals surface area contributed by atoms with Gasteiger partial charge in [-0.25, -0.2) is 14.2 Å². The van der Waals surface area contributed by atoms with Gasteiger partial charge in [-0.2, -0.15) is 0 Å². The second-order valence-electron chi connectivity index (χ2n) is 5.72. The second-order valence-corrected chi connectivity index (χ2v) is 6.13. The Hall–Kier alpha value is -3.06. The third-order valence-corrected chi connectivity index (χ3v) is 4.30. The van der Waals surface area contributed by atoms with Crippen LogP contribution in [0.1, 0.15) is 16.1 Å². The summed E-state index contributed by atoms with van der Waals surface area (Å²) >= 11 is 6.04. The van der Waals surface area contributed by atoms with Crippen LogP contribution in [0.2, 0.25) is 5.02 Å². The van der Waals surface area contributed by atoms with Crippen LogP contribution in [-0.2, 0) is 4.74 Å². The van der Waals surface area contributed by atoms with Gasteiger partial charge in [0.2, 0.25) is 5.95 Å². The molecule has 2 heterocycles. The fraction of sp³-hybridized carbons (Fsp3) is 0.111. The zero-order valence-electron chi connectivity index (χ0n) is 13.8. The van der Waals surface area contributed by atoms with Crippen LogP contribution in [0.15, 0.2) is 34.7 Å². The molecule has 26 heavy (non-hydrogen) atoms. The minimum atomic E-state index is -0.521. The molecule has 0 aliphatic heterocycles. The van der Waals surface area contributed by atoms with Crippen molar-refractivity contribution in [3.05, 3.63) is 52.5 Å². The molecule has 0 spiro atoms. The SMILES string of the molecule is COC(=O)c1cc2[nH]c(Nc3c(F)cccc3Cl)nc2c2cc(C)oc12. The van der Waals surface area contributed by atoms with Gasteiger partial charge < -0.3 is 19.5 Å². The predicted molar refractivity (Wildman–Crippen MR) is 96.6 cm³/mol. The van der Waals surface area contributed by atoms with E-state index < -0.39 is 11.8 Å². The quantitative estimate of drug-likeness (QED) is 0.497. The van der Waals surface area contributed by atoms with E-state index in [0.29, 0.717) is 27.8 Å². The lowest BCUT2D eigenvalue weighted by molar-refractivity contribution is 0.0602. The number of hydrogen-bond donors (Lipinski definition) is 2. The number of aryl methyl sites for hydroxylation is 1. The Bertz CT molecular complexity index is 1150. The summed E-state index contributed by atoms with van der Waals surface area (Å²) in [6, 6.07) is 7.76. The largest absolute Gasteiger partial charge is 0.465 e. The van der Waals surface area contributed by atoms with Gasteiger partial charge in [-0.15, -0.1) is 0 Å². The van der Waals surface area contributed by atoms with Crippen molar-refractivity contribution in [3.8, 4) is 0 Å². The second kappa shape index (κ2) is 6.03. The molecular weight excluding hydrogens is 361 g/mol. The number of aromatic nitrogens is 2. The number of furan rings is 1. The molecule has 0 aliphatic rings. The van der Waals surface area contributed by atoms with Crippen LogP contribution < -0.4 is 5.32 Å². The number of halogens is 2. The molecule has 0 unspecified atom stereocenters. The van der Waals surface area contributed by atoms with Crippen LogP contribution in [0, 0.1) is 12.7 Å². The van der Waals surface area contributed by atoms with Gasteiger partial charge in [0.15, 0.2) is 5.58 Å². The van der Waals surface area contributed by atoms with Crippen LogP contribution in [0.25, 0.3) is 22.0 Å². The number of hydrogen-bond acceptors (Lipinski definition) is 5. The third-order valence-electron chi connectivity index (χ3n) is 3.99. The average molecular weight is 374 g/mol. The Kier molecular flexibility index (Phi) is 3.81. The first kappa shape index (κ1) is 16.4. The van der Waals surface area contributed by atoms with Crippen LogP contribution in [0.5, 0.6) is 0 Å². The van der Waals surface area contributed by atoms with Crippen molar-refractivity contribution in [2.45, 2.75) is 6.92 Å². The first-order valence-corrected chi connectivity index (χ1v) is 8.08. The number of aromatic amines is 1. The van der Waals surface area contributed by atoms with E-state index in [1.165, 1.54) is 19.2 Å². The average Bonchev–Trinajstić information content (AvgIpc) is 3.19. The van der Waals surface area contributed by atoms with Crippen LogP contribution in [0.3, 0.4) is 0 Å². The molecule has 0 amide bonds. The highest BCUT2D eigenvalue weighted by Crippen LogP contribution is 2.33. The van der Waals surface area contributed by atoms with Crippen molar-refractivity contribution in [1.29, 1.82) is 0 Å². The molecule has 4 rings (SSSR count). The van der Waals surface area contributed by atoms with Gasteiger partial charge in [0.05, 0.1) is 23.3 Å². The Balaban J connectivity index is 1.90. The fourth-order valence-corrected chi connectivity index (χ4v) is 3.06. The Morgan fingerprint density at radius 1 is 1.38 bits per heavy atom. The highest BCUT2D eigenvalue weighted by atomic mass is 35.5. The van der Waals surface area contributed by atoms with Crippen molar-refractivity contribution in [2.24, 2.45) is 0 Å². The Morgan fingerprint density at radius 2 is 2.19 bits per heavy atom. The number of carbonyl (C=O) groups is 1. The molecule has 0 radical (unpaired) electrons. The molecular formula is C18H13ClFN3O3. The number of methoxy groups -OCH3 is 1. The van der Waals surface area contributed by atoms with Crippen molar-refractivity contribution in [2.75, 3.05) is 12.4 Å². The van der Waals surface area contributed by atoms with Gasteiger partial charge in [-0.05, 0) is 31.2 Å². The zero-order valence-corrected chi connectivity index (χ0v) is 14.6. The number of carbonyl (C=O) groups excluding carboxylic acids is 1. The molecule has 0 atom stereocenters. The van der Waals surface area contributed by atoms with Crippen molar-refractivity contribution in [3.63, 3.8) is 0 Å². The van der Waals surface area contributed by atoms with Crippen LogP contribution >= 0.6 is 11.6 Å². The minimum Gasteiger partial charge on any atom is -0.465 e. The summed E-state index contributed by atoms with van der Waals surface area (Å²) in [6.45, 7) is 1.78. The number of imidazole rings is 1. The van der Waals surface area contributed by atoms with E-state index in [0.717, 1.165) is 0 Å². The number of ether oxygens (including phenoxy) is 1. The molecule has 4 aromatic rings. The molecule has 8 heteroatoms. The van der Waals surface area contributed by atoms with Gasteiger partial charge in [-0.3, -0.25) is 0 Å². The summed E-state index contributed by atoms with van der Waals surface area (Å²) in [5.74, 6) is -0.105. The maximum Gasteiger partial charge on any atom is 0.341 e. The van der Waals surface area contributed by atoms with Crippen molar-refractivity contribution >= 4 is 51.2 Å². The fourth-order valence-electron chi connectivity index (χ4n) is 2.85. The number of nitrogens with one attached hydrogen (secondary N) is 2. The molecule has 0 aliphatic carbocycles. The maximum atomic E-state index is 14.0. The highest BCUT2D eigenvalue weighted by Gasteiger charge is 2.20.